The Balaban J connectivity index is 2.70. The number of rotatable bonds is 6. The predicted octanol–water partition coefficient (Wildman–Crippen LogP) is 2.63. The maximum atomic E-state index is 11.9. The summed E-state index contributed by atoms with van der Waals surface area (Å²) < 4.78 is 0. The number of hydrogen-bond acceptors (Lipinski definition) is 3. The Kier molecular flexibility index (Phi) is 5.22. The van der Waals surface area contributed by atoms with Crippen molar-refractivity contribution in [3.05, 3.63) is 35.4 Å². The van der Waals surface area contributed by atoms with E-state index in [1.54, 1.807) is 12.1 Å². The van der Waals surface area contributed by atoms with E-state index >= 15 is 0 Å². The van der Waals surface area contributed by atoms with Gasteiger partial charge in [0.05, 0.1) is 5.92 Å². The Morgan fingerprint density at radius 1 is 1.29 bits per heavy atom. The molecule has 17 heavy (non-hydrogen) atoms. The molecule has 1 N–H and O–H groups in total. The van der Waals surface area contributed by atoms with Gasteiger partial charge in [-0.05, 0) is 13.2 Å². The number of carboxylic acids is 1. The van der Waals surface area contributed by atoms with Crippen LogP contribution < -0.4 is 0 Å². The average molecular weight is 252 g/mol. The molecule has 0 saturated heterocycles. The summed E-state index contributed by atoms with van der Waals surface area (Å²) in [5, 5.41) is 8.98. The minimum atomic E-state index is -0.903. The topological polar surface area (TPSA) is 54.4 Å². The van der Waals surface area contributed by atoms with Crippen molar-refractivity contribution >= 4 is 23.5 Å². The molecule has 0 fully saturated rings. The molecular formula is C13H16O3S. The summed E-state index contributed by atoms with van der Waals surface area (Å²) in [5.74, 6) is -1.14. The van der Waals surface area contributed by atoms with E-state index in [-0.39, 0.29) is 12.2 Å². The molecule has 0 heterocycles. The average Bonchev–Trinajstić information content (AvgIpc) is 2.29. The quantitative estimate of drug-likeness (QED) is 0.791. The smallest absolute Gasteiger partial charge is 0.307 e. The van der Waals surface area contributed by atoms with Gasteiger partial charge in [0.15, 0.2) is 5.78 Å². The molecule has 0 aliphatic heterocycles. The van der Waals surface area contributed by atoms with E-state index in [0.717, 1.165) is 5.56 Å². The molecule has 1 aromatic rings. The third kappa shape index (κ3) is 4.23. The van der Waals surface area contributed by atoms with E-state index < -0.39 is 11.9 Å². The van der Waals surface area contributed by atoms with Crippen LogP contribution in [0.25, 0.3) is 0 Å². The van der Waals surface area contributed by atoms with Crippen LogP contribution in [-0.2, 0) is 4.79 Å². The van der Waals surface area contributed by atoms with Crippen LogP contribution in [0.4, 0.5) is 0 Å². The first-order valence-electron chi connectivity index (χ1n) is 5.36. The number of Topliss-reactive ketones (excluding diaryl/α,β-unsaturated/α-hetero) is 1. The fourth-order valence-corrected chi connectivity index (χ4v) is 2.16. The van der Waals surface area contributed by atoms with Gasteiger partial charge < -0.3 is 5.11 Å². The van der Waals surface area contributed by atoms with Gasteiger partial charge in [-0.3, -0.25) is 9.59 Å². The van der Waals surface area contributed by atoms with Gasteiger partial charge in [-0.15, -0.1) is 0 Å². The fourth-order valence-electron chi connectivity index (χ4n) is 1.50. The second kappa shape index (κ2) is 6.45. The molecule has 0 aromatic heterocycles. The van der Waals surface area contributed by atoms with Crippen molar-refractivity contribution in [2.45, 2.75) is 13.3 Å². The number of thioether (sulfide) groups is 1. The van der Waals surface area contributed by atoms with Crippen LogP contribution in [0.1, 0.15) is 22.3 Å². The minimum absolute atomic E-state index is 0.0687. The highest BCUT2D eigenvalue weighted by molar-refractivity contribution is 7.98. The number of hydrogen-bond donors (Lipinski definition) is 1. The predicted molar refractivity (Wildman–Crippen MR) is 69.6 cm³/mol. The number of aliphatic carboxylic acids is 1. The highest BCUT2D eigenvalue weighted by Crippen LogP contribution is 2.15. The molecule has 0 aliphatic rings. The Morgan fingerprint density at radius 3 is 2.35 bits per heavy atom. The van der Waals surface area contributed by atoms with Crippen LogP contribution in [-0.4, -0.2) is 28.9 Å². The summed E-state index contributed by atoms with van der Waals surface area (Å²) >= 11 is 1.44. The summed E-state index contributed by atoms with van der Waals surface area (Å²) in [6.07, 6.45) is 1.91. The fraction of sp³-hybridized carbons (Fsp3) is 0.385. The van der Waals surface area contributed by atoms with E-state index in [9.17, 15) is 9.59 Å². The third-order valence-electron chi connectivity index (χ3n) is 2.52. The standard InChI is InChI=1S/C13H16O3S/c1-9-3-5-10(6-4-9)12(14)7-11(8-17-2)13(15)16/h3-6,11H,7-8H2,1-2H3,(H,15,16)/t11-/m1/s1. The van der Waals surface area contributed by atoms with Crippen LogP contribution in [0, 0.1) is 12.8 Å². The highest BCUT2D eigenvalue weighted by atomic mass is 32.2. The first-order chi connectivity index (χ1) is 8.04. The van der Waals surface area contributed by atoms with Crippen LogP contribution in [0.2, 0.25) is 0 Å². The van der Waals surface area contributed by atoms with Crippen molar-refractivity contribution in [2.75, 3.05) is 12.0 Å². The van der Waals surface area contributed by atoms with E-state index in [1.165, 1.54) is 11.8 Å². The van der Waals surface area contributed by atoms with E-state index in [0.29, 0.717) is 11.3 Å². The maximum absolute atomic E-state index is 11.9. The third-order valence-corrected chi connectivity index (χ3v) is 3.26. The number of ketones is 1. The second-order valence-corrected chi connectivity index (χ2v) is 4.89. The van der Waals surface area contributed by atoms with Crippen molar-refractivity contribution in [2.24, 2.45) is 5.92 Å². The normalized spacial score (nSPS) is 12.1. The molecule has 0 aliphatic carbocycles. The number of carboxylic acid groups (broad SMARTS) is 1. The molecule has 1 aromatic carbocycles. The SMILES string of the molecule is CSC[C@@H](CC(=O)c1ccc(C)cc1)C(=O)O. The zero-order valence-corrected chi connectivity index (χ0v) is 10.8. The van der Waals surface area contributed by atoms with Crippen molar-refractivity contribution in [1.29, 1.82) is 0 Å². The first kappa shape index (κ1) is 13.8. The largest absolute Gasteiger partial charge is 0.481 e. The summed E-state index contributed by atoms with van der Waals surface area (Å²) in [4.78, 5) is 22.8. The first-order valence-corrected chi connectivity index (χ1v) is 6.75. The van der Waals surface area contributed by atoms with Crippen molar-refractivity contribution in [3.63, 3.8) is 0 Å². The van der Waals surface area contributed by atoms with Crippen LogP contribution >= 0.6 is 11.8 Å². The number of aryl methyl sites for hydroxylation is 1. The molecule has 0 bridgehead atoms. The molecule has 3 nitrogen and oxygen atoms in total. The summed E-state index contributed by atoms with van der Waals surface area (Å²) in [7, 11) is 0. The van der Waals surface area contributed by atoms with Gasteiger partial charge >= 0.3 is 5.97 Å². The van der Waals surface area contributed by atoms with Gasteiger partial charge in [-0.1, -0.05) is 29.8 Å². The summed E-state index contributed by atoms with van der Waals surface area (Å²) in [6.45, 7) is 1.95. The molecular weight excluding hydrogens is 236 g/mol. The van der Waals surface area contributed by atoms with Crippen LogP contribution in [0.3, 0.4) is 0 Å². The Bertz CT molecular complexity index is 398. The molecule has 0 radical (unpaired) electrons. The molecule has 1 atom stereocenters. The van der Waals surface area contributed by atoms with Crippen LogP contribution in [0.5, 0.6) is 0 Å². The van der Waals surface area contributed by atoms with E-state index in [1.807, 2.05) is 25.3 Å². The number of benzene rings is 1. The van der Waals surface area contributed by atoms with Crippen molar-refractivity contribution in [1.82, 2.24) is 0 Å². The molecule has 1 rings (SSSR count). The van der Waals surface area contributed by atoms with Gasteiger partial charge in [0.25, 0.3) is 0 Å². The van der Waals surface area contributed by atoms with Gasteiger partial charge in [-0.25, -0.2) is 0 Å². The second-order valence-electron chi connectivity index (χ2n) is 3.98. The number of carbonyl (C=O) groups excluding carboxylic acids is 1. The number of carbonyl (C=O) groups is 2. The molecule has 0 unspecified atom stereocenters. The molecule has 92 valence electrons. The highest BCUT2D eigenvalue weighted by Gasteiger charge is 2.21. The van der Waals surface area contributed by atoms with Crippen molar-refractivity contribution in [3.8, 4) is 0 Å². The molecule has 4 heteroatoms. The zero-order valence-electron chi connectivity index (χ0n) is 9.97. The lowest BCUT2D eigenvalue weighted by Crippen LogP contribution is -2.20. The lowest BCUT2D eigenvalue weighted by molar-refractivity contribution is -0.140. The van der Waals surface area contributed by atoms with Crippen LogP contribution in [0.15, 0.2) is 24.3 Å². The lowest BCUT2D eigenvalue weighted by Gasteiger charge is -2.09. The molecule has 0 saturated carbocycles. The van der Waals surface area contributed by atoms with Gasteiger partial charge in [0.1, 0.15) is 0 Å². The summed E-state index contributed by atoms with van der Waals surface area (Å²) in [6, 6.07) is 7.21. The Morgan fingerprint density at radius 2 is 1.88 bits per heavy atom. The van der Waals surface area contributed by atoms with Gasteiger partial charge in [0.2, 0.25) is 0 Å². The van der Waals surface area contributed by atoms with E-state index in [2.05, 4.69) is 0 Å². The lowest BCUT2D eigenvalue weighted by atomic mass is 9.99. The van der Waals surface area contributed by atoms with Gasteiger partial charge in [-0.2, -0.15) is 11.8 Å². The van der Waals surface area contributed by atoms with Gasteiger partial charge in [0, 0.05) is 17.7 Å². The van der Waals surface area contributed by atoms with E-state index in [4.69, 9.17) is 5.11 Å². The Hall–Kier alpha value is -1.29. The molecule has 0 spiro atoms. The summed E-state index contributed by atoms with van der Waals surface area (Å²) in [5.41, 5.74) is 1.67. The minimum Gasteiger partial charge on any atom is -0.481 e. The maximum Gasteiger partial charge on any atom is 0.307 e. The Labute approximate surface area is 105 Å². The monoisotopic (exact) mass is 252 g/mol. The van der Waals surface area contributed by atoms with Crippen molar-refractivity contribution < 1.29 is 14.7 Å². The molecule has 0 amide bonds. The zero-order chi connectivity index (χ0) is 12.8.